The highest BCUT2D eigenvalue weighted by Crippen LogP contribution is 2.38. The van der Waals surface area contributed by atoms with Crippen LogP contribution < -0.4 is 0 Å². The van der Waals surface area contributed by atoms with Gasteiger partial charge in [-0.1, -0.05) is 11.2 Å². The van der Waals surface area contributed by atoms with E-state index in [0.29, 0.717) is 24.9 Å². The van der Waals surface area contributed by atoms with Crippen LogP contribution in [0.5, 0.6) is 0 Å². The first-order valence-electron chi connectivity index (χ1n) is 8.38. The Morgan fingerprint density at radius 3 is 2.84 bits per heavy atom. The van der Waals surface area contributed by atoms with E-state index < -0.39 is 17.7 Å². The molecule has 6 nitrogen and oxygen atoms in total. The van der Waals surface area contributed by atoms with Gasteiger partial charge in [0.25, 0.3) is 5.89 Å². The van der Waals surface area contributed by atoms with Crippen LogP contribution in [0.15, 0.2) is 22.7 Å². The summed E-state index contributed by atoms with van der Waals surface area (Å²) in [5.41, 5.74) is 0.101. The Kier molecular flexibility index (Phi) is 4.49. The highest BCUT2D eigenvalue weighted by atomic mass is 19.1. The van der Waals surface area contributed by atoms with E-state index in [1.54, 1.807) is 0 Å². The molecule has 0 radical (unpaired) electrons. The molecule has 2 heterocycles. The average Bonchev–Trinajstić information content (AvgIpc) is 3.28. The number of aliphatic hydroxyl groups excluding tert-OH is 1. The fourth-order valence-corrected chi connectivity index (χ4v) is 2.91. The SMILES string of the molecule is OC(CN1CC(OCc2nc(C3CC3)no2)C1)c1ccc(F)cc1F. The first-order valence-corrected chi connectivity index (χ1v) is 8.38. The molecule has 2 aromatic rings. The van der Waals surface area contributed by atoms with Gasteiger partial charge in [0.05, 0.1) is 12.2 Å². The molecule has 0 spiro atoms. The van der Waals surface area contributed by atoms with E-state index >= 15 is 0 Å². The summed E-state index contributed by atoms with van der Waals surface area (Å²) in [6.07, 6.45) is 1.25. The standard InChI is InChI=1S/C17H19F2N3O3/c18-11-3-4-13(14(19)5-11)15(23)8-22-6-12(7-22)24-9-16-20-17(21-25-16)10-1-2-10/h3-5,10,12,15,23H,1-2,6-9H2. The number of likely N-dealkylation sites (tertiary alicyclic amines) is 1. The van der Waals surface area contributed by atoms with Gasteiger partial charge in [0, 0.05) is 37.2 Å². The van der Waals surface area contributed by atoms with E-state index in [1.165, 1.54) is 6.07 Å². The summed E-state index contributed by atoms with van der Waals surface area (Å²) >= 11 is 0. The summed E-state index contributed by atoms with van der Waals surface area (Å²) in [4.78, 5) is 6.24. The molecule has 1 aliphatic carbocycles. The number of aliphatic hydroxyl groups is 1. The maximum absolute atomic E-state index is 13.7. The van der Waals surface area contributed by atoms with Crippen molar-refractivity contribution >= 4 is 0 Å². The Hall–Kier alpha value is -1.90. The van der Waals surface area contributed by atoms with Gasteiger partial charge in [0.1, 0.15) is 18.2 Å². The molecule has 1 aromatic carbocycles. The second-order valence-electron chi connectivity index (χ2n) is 6.65. The number of hydrogen-bond acceptors (Lipinski definition) is 6. The number of halogens is 2. The summed E-state index contributed by atoms with van der Waals surface area (Å²) < 4.78 is 37.4. The number of rotatable bonds is 7. The smallest absolute Gasteiger partial charge is 0.252 e. The molecule has 0 bridgehead atoms. The van der Waals surface area contributed by atoms with Gasteiger partial charge in [-0.05, 0) is 18.9 Å². The van der Waals surface area contributed by atoms with Crippen LogP contribution in [0, 0.1) is 11.6 Å². The molecule has 1 saturated heterocycles. The molecule has 2 fully saturated rings. The zero-order valence-electron chi connectivity index (χ0n) is 13.6. The molecule has 134 valence electrons. The Morgan fingerprint density at radius 1 is 1.32 bits per heavy atom. The van der Waals surface area contributed by atoms with Crippen molar-refractivity contribution in [2.75, 3.05) is 19.6 Å². The maximum atomic E-state index is 13.7. The van der Waals surface area contributed by atoms with Crippen LogP contribution in [0.4, 0.5) is 8.78 Å². The molecule has 25 heavy (non-hydrogen) atoms. The predicted molar refractivity (Wildman–Crippen MR) is 82.6 cm³/mol. The third kappa shape index (κ3) is 3.86. The van der Waals surface area contributed by atoms with Crippen molar-refractivity contribution in [3.05, 3.63) is 47.1 Å². The first kappa shape index (κ1) is 16.6. The van der Waals surface area contributed by atoms with Crippen LogP contribution in [-0.4, -0.2) is 45.9 Å². The van der Waals surface area contributed by atoms with E-state index in [1.807, 2.05) is 4.90 Å². The van der Waals surface area contributed by atoms with Crippen molar-refractivity contribution in [1.82, 2.24) is 15.0 Å². The lowest BCUT2D eigenvalue weighted by Gasteiger charge is -2.39. The van der Waals surface area contributed by atoms with Gasteiger partial charge < -0.3 is 14.4 Å². The second-order valence-corrected chi connectivity index (χ2v) is 6.65. The molecular formula is C17H19F2N3O3. The Morgan fingerprint density at radius 2 is 2.12 bits per heavy atom. The van der Waals surface area contributed by atoms with Crippen LogP contribution in [0.2, 0.25) is 0 Å². The van der Waals surface area contributed by atoms with Crippen LogP contribution >= 0.6 is 0 Å². The van der Waals surface area contributed by atoms with Crippen molar-refractivity contribution in [1.29, 1.82) is 0 Å². The van der Waals surface area contributed by atoms with Crippen LogP contribution in [-0.2, 0) is 11.3 Å². The minimum atomic E-state index is -1.00. The maximum Gasteiger partial charge on any atom is 0.252 e. The molecule has 0 amide bonds. The van der Waals surface area contributed by atoms with E-state index in [2.05, 4.69) is 10.1 Å². The topological polar surface area (TPSA) is 71.6 Å². The number of aromatic nitrogens is 2. The van der Waals surface area contributed by atoms with Crippen molar-refractivity contribution in [2.45, 2.75) is 37.6 Å². The minimum Gasteiger partial charge on any atom is -0.387 e. The molecule has 8 heteroatoms. The van der Waals surface area contributed by atoms with Crippen molar-refractivity contribution < 1.29 is 23.1 Å². The van der Waals surface area contributed by atoms with Crippen molar-refractivity contribution in [3.63, 3.8) is 0 Å². The predicted octanol–water partition coefficient (Wildman–Crippen LogP) is 2.16. The quantitative estimate of drug-likeness (QED) is 0.824. The van der Waals surface area contributed by atoms with Gasteiger partial charge >= 0.3 is 0 Å². The fraction of sp³-hybridized carbons (Fsp3) is 0.529. The first-order chi connectivity index (χ1) is 12.1. The van der Waals surface area contributed by atoms with E-state index in [9.17, 15) is 13.9 Å². The normalized spacial score (nSPS) is 19.8. The molecule has 1 aromatic heterocycles. The minimum absolute atomic E-state index is 0.0153. The van der Waals surface area contributed by atoms with Gasteiger partial charge in [-0.2, -0.15) is 4.98 Å². The number of hydrogen-bond donors (Lipinski definition) is 1. The Bertz CT molecular complexity index is 744. The molecule has 1 unspecified atom stereocenters. The summed E-state index contributed by atoms with van der Waals surface area (Å²) in [6, 6.07) is 3.20. The lowest BCUT2D eigenvalue weighted by atomic mass is 10.1. The van der Waals surface area contributed by atoms with Crippen LogP contribution in [0.25, 0.3) is 0 Å². The van der Waals surface area contributed by atoms with Gasteiger partial charge in [-0.3, -0.25) is 4.90 Å². The second kappa shape index (κ2) is 6.78. The van der Waals surface area contributed by atoms with Crippen molar-refractivity contribution in [3.8, 4) is 0 Å². The largest absolute Gasteiger partial charge is 0.387 e. The highest BCUT2D eigenvalue weighted by Gasteiger charge is 2.31. The van der Waals surface area contributed by atoms with Gasteiger partial charge in [-0.15, -0.1) is 0 Å². The lowest BCUT2D eigenvalue weighted by Crippen LogP contribution is -2.53. The van der Waals surface area contributed by atoms with Crippen LogP contribution in [0.3, 0.4) is 0 Å². The fourth-order valence-electron chi connectivity index (χ4n) is 2.91. The number of nitrogens with zero attached hydrogens (tertiary/aromatic N) is 3. The van der Waals surface area contributed by atoms with E-state index in [0.717, 1.165) is 30.8 Å². The molecule has 1 aliphatic heterocycles. The molecule has 1 atom stereocenters. The third-order valence-electron chi connectivity index (χ3n) is 4.55. The van der Waals surface area contributed by atoms with Gasteiger partial charge in [0.15, 0.2) is 5.82 Å². The highest BCUT2D eigenvalue weighted by molar-refractivity contribution is 5.21. The zero-order valence-corrected chi connectivity index (χ0v) is 13.6. The molecule has 1 N–H and O–H groups in total. The molecule has 1 saturated carbocycles. The third-order valence-corrected chi connectivity index (χ3v) is 4.55. The van der Waals surface area contributed by atoms with Crippen molar-refractivity contribution in [2.24, 2.45) is 0 Å². The zero-order chi connectivity index (χ0) is 17.4. The monoisotopic (exact) mass is 351 g/mol. The lowest BCUT2D eigenvalue weighted by molar-refractivity contribution is -0.0801. The Labute approximate surface area is 143 Å². The van der Waals surface area contributed by atoms with E-state index in [4.69, 9.17) is 9.26 Å². The van der Waals surface area contributed by atoms with E-state index in [-0.39, 0.29) is 24.8 Å². The summed E-state index contributed by atoms with van der Waals surface area (Å²) in [5.74, 6) is 0.303. The average molecular weight is 351 g/mol. The molecule has 4 rings (SSSR count). The van der Waals surface area contributed by atoms with Gasteiger partial charge in [0.2, 0.25) is 0 Å². The summed E-state index contributed by atoms with van der Waals surface area (Å²) in [7, 11) is 0. The Balaban J connectivity index is 1.20. The number of benzene rings is 1. The number of ether oxygens (including phenoxy) is 1. The summed E-state index contributed by atoms with van der Waals surface area (Å²) in [5, 5.41) is 14.0. The van der Waals surface area contributed by atoms with Crippen LogP contribution in [0.1, 0.15) is 42.1 Å². The summed E-state index contributed by atoms with van der Waals surface area (Å²) in [6.45, 7) is 1.80. The molecule has 2 aliphatic rings. The molecular weight excluding hydrogens is 332 g/mol. The van der Waals surface area contributed by atoms with Gasteiger partial charge in [-0.25, -0.2) is 8.78 Å². The number of β-amino-alcohol motifs (C(OH)–C–C–N with tert-alkyl or cyclic N) is 1.